The zero-order valence-corrected chi connectivity index (χ0v) is 18.6. The minimum Gasteiger partial charge on any atom is -0.484 e. The first-order valence-corrected chi connectivity index (χ1v) is 11.2. The number of hydrogen-bond donors (Lipinski definition) is 0. The zero-order chi connectivity index (χ0) is 20.7. The maximum Gasteiger partial charge on any atom is 0.198 e. The number of nitrogens with zero attached hydrogens (tertiary/aromatic N) is 4. The van der Waals surface area contributed by atoms with Crippen LogP contribution in [0.5, 0.6) is 5.75 Å². The third kappa shape index (κ3) is 3.80. The molecule has 0 saturated heterocycles. The fourth-order valence-corrected chi connectivity index (χ4v) is 4.76. The summed E-state index contributed by atoms with van der Waals surface area (Å²) in [6.07, 6.45) is 4.82. The van der Waals surface area contributed by atoms with E-state index in [0.717, 1.165) is 12.2 Å². The van der Waals surface area contributed by atoms with Crippen LogP contribution in [0.25, 0.3) is 0 Å². The average molecular weight is 441 g/mol. The van der Waals surface area contributed by atoms with E-state index in [1.54, 1.807) is 0 Å². The van der Waals surface area contributed by atoms with Crippen LogP contribution in [-0.2, 0) is 26.7 Å². The van der Waals surface area contributed by atoms with Gasteiger partial charge in [0.2, 0.25) is 0 Å². The van der Waals surface area contributed by atoms with Crippen LogP contribution in [0, 0.1) is 4.77 Å². The molecule has 7 heteroatoms. The molecule has 0 spiro atoms. The lowest BCUT2D eigenvalue weighted by Crippen LogP contribution is -2.32. The molecule has 0 aliphatic heterocycles. The average Bonchev–Trinajstić information content (AvgIpc) is 3.46. The topological polar surface area (TPSA) is 35.2 Å². The van der Waals surface area contributed by atoms with Gasteiger partial charge >= 0.3 is 0 Å². The van der Waals surface area contributed by atoms with E-state index in [1.165, 1.54) is 30.4 Å². The Hall–Kier alpha value is -2.15. The molecule has 3 aromatic rings. The van der Waals surface area contributed by atoms with Gasteiger partial charge in [0.25, 0.3) is 0 Å². The van der Waals surface area contributed by atoms with Crippen LogP contribution in [0.15, 0.2) is 48.5 Å². The van der Waals surface area contributed by atoms with Crippen LogP contribution in [0.1, 0.15) is 42.3 Å². The predicted octanol–water partition coefficient (Wildman–Crippen LogP) is 5.29. The minimum absolute atomic E-state index is 0.326. The van der Waals surface area contributed by atoms with Gasteiger partial charge in [-0.2, -0.15) is 5.10 Å². The van der Waals surface area contributed by atoms with Crippen LogP contribution in [0.4, 0.5) is 0 Å². The lowest BCUT2D eigenvalue weighted by Gasteiger charge is -2.29. The molecule has 0 radical (unpaired) electrons. The zero-order valence-electron chi connectivity index (χ0n) is 17.0. The van der Waals surface area contributed by atoms with Crippen molar-refractivity contribution in [2.45, 2.75) is 51.0 Å². The summed E-state index contributed by atoms with van der Waals surface area (Å²) in [4.78, 5) is 2.59. The Bertz CT molecular complexity index is 1120. The Labute approximate surface area is 186 Å². The standard InChI is InChI=1S/C23H25ClN4OS/c1-26-22(14-29-21-9-5-4-8-19(21)24)25-28(23(26)30)15-27(17-11-12-17)20-13-10-16-6-2-3-7-18(16)20/h2-9,17,20H,10-15H2,1H3/t20-/m1/s1. The number of aryl methyl sites for hydroxylation is 1. The van der Waals surface area contributed by atoms with Crippen LogP contribution in [-0.4, -0.2) is 25.3 Å². The number of halogens is 1. The Balaban J connectivity index is 1.36. The number of fused-ring (bicyclic) bond motifs is 1. The lowest BCUT2D eigenvalue weighted by molar-refractivity contribution is 0.131. The summed E-state index contributed by atoms with van der Waals surface area (Å²) in [7, 11) is 1.95. The molecule has 30 heavy (non-hydrogen) atoms. The van der Waals surface area contributed by atoms with E-state index in [0.29, 0.717) is 40.9 Å². The molecule has 1 saturated carbocycles. The van der Waals surface area contributed by atoms with Crippen molar-refractivity contribution in [2.24, 2.45) is 7.05 Å². The Morgan fingerprint density at radius 3 is 2.70 bits per heavy atom. The summed E-state index contributed by atoms with van der Waals surface area (Å²) >= 11 is 11.9. The van der Waals surface area contributed by atoms with Crippen LogP contribution >= 0.6 is 23.8 Å². The van der Waals surface area contributed by atoms with E-state index in [1.807, 2.05) is 40.6 Å². The summed E-state index contributed by atoms with van der Waals surface area (Å²) in [6.45, 7) is 1.04. The van der Waals surface area contributed by atoms with Crippen molar-refractivity contribution in [1.82, 2.24) is 19.2 Å². The molecule has 1 atom stereocenters. The fourth-order valence-electron chi connectivity index (χ4n) is 4.36. The van der Waals surface area contributed by atoms with Crippen molar-refractivity contribution >= 4 is 23.8 Å². The molecule has 2 aromatic carbocycles. The van der Waals surface area contributed by atoms with Gasteiger partial charge in [-0.1, -0.05) is 48.0 Å². The smallest absolute Gasteiger partial charge is 0.198 e. The number of aromatic nitrogens is 3. The highest BCUT2D eigenvalue weighted by molar-refractivity contribution is 7.71. The molecule has 5 nitrogen and oxygen atoms in total. The third-order valence-corrected chi connectivity index (χ3v) is 6.94. The van der Waals surface area contributed by atoms with Gasteiger partial charge in [-0.15, -0.1) is 0 Å². The second kappa shape index (κ2) is 8.17. The molecule has 2 aliphatic rings. The quantitative estimate of drug-likeness (QED) is 0.467. The van der Waals surface area contributed by atoms with Gasteiger partial charge in [-0.3, -0.25) is 4.90 Å². The monoisotopic (exact) mass is 440 g/mol. The highest BCUT2D eigenvalue weighted by Gasteiger charge is 2.37. The number of hydrogen-bond acceptors (Lipinski definition) is 4. The summed E-state index contributed by atoms with van der Waals surface area (Å²) < 4.78 is 10.5. The minimum atomic E-state index is 0.326. The maximum absolute atomic E-state index is 6.21. The summed E-state index contributed by atoms with van der Waals surface area (Å²) in [5.41, 5.74) is 2.95. The first kappa shape index (κ1) is 19.8. The summed E-state index contributed by atoms with van der Waals surface area (Å²) in [6, 6.07) is 17.4. The van der Waals surface area contributed by atoms with Crippen molar-refractivity contribution in [3.05, 3.63) is 75.3 Å². The van der Waals surface area contributed by atoms with E-state index in [4.69, 9.17) is 33.7 Å². The molecule has 1 aromatic heterocycles. The number of benzene rings is 2. The number of para-hydroxylation sites is 1. The third-order valence-electron chi connectivity index (χ3n) is 6.14. The molecule has 2 aliphatic carbocycles. The van der Waals surface area contributed by atoms with Gasteiger partial charge in [0.1, 0.15) is 12.4 Å². The van der Waals surface area contributed by atoms with Crippen LogP contribution < -0.4 is 4.74 Å². The molecule has 5 rings (SSSR count). The van der Waals surface area contributed by atoms with Crippen molar-refractivity contribution in [2.75, 3.05) is 0 Å². The molecule has 0 amide bonds. The lowest BCUT2D eigenvalue weighted by atomic mass is 10.1. The SMILES string of the molecule is Cn1c(COc2ccccc2Cl)nn(CN(C2CC2)[C@@H]2CCc3ccccc32)c1=S. The molecule has 1 heterocycles. The first-order chi connectivity index (χ1) is 14.6. The Morgan fingerprint density at radius 2 is 1.90 bits per heavy atom. The summed E-state index contributed by atoms with van der Waals surface area (Å²) in [5.74, 6) is 1.45. The van der Waals surface area contributed by atoms with Crippen LogP contribution in [0.3, 0.4) is 0 Å². The normalized spacial score (nSPS) is 18.0. The second-order valence-electron chi connectivity index (χ2n) is 8.12. The Kier molecular flexibility index (Phi) is 5.39. The number of ether oxygens (including phenoxy) is 1. The molecule has 0 N–H and O–H groups in total. The van der Waals surface area contributed by atoms with Crippen molar-refractivity contribution in [1.29, 1.82) is 0 Å². The van der Waals surface area contributed by atoms with E-state index >= 15 is 0 Å². The molecule has 1 fully saturated rings. The van der Waals surface area contributed by atoms with Crippen molar-refractivity contribution in [3.8, 4) is 5.75 Å². The first-order valence-electron chi connectivity index (χ1n) is 10.5. The van der Waals surface area contributed by atoms with E-state index in [-0.39, 0.29) is 0 Å². The highest BCUT2D eigenvalue weighted by Crippen LogP contribution is 2.42. The molecule has 0 unspecified atom stereocenters. The van der Waals surface area contributed by atoms with Crippen LogP contribution in [0.2, 0.25) is 5.02 Å². The van der Waals surface area contributed by atoms with Gasteiger partial charge < -0.3 is 9.30 Å². The maximum atomic E-state index is 6.21. The van der Waals surface area contributed by atoms with E-state index < -0.39 is 0 Å². The van der Waals surface area contributed by atoms with Gasteiger partial charge in [-0.25, -0.2) is 4.68 Å². The van der Waals surface area contributed by atoms with E-state index in [2.05, 4.69) is 29.2 Å². The van der Waals surface area contributed by atoms with E-state index in [9.17, 15) is 0 Å². The summed E-state index contributed by atoms with van der Waals surface area (Å²) in [5, 5.41) is 5.39. The second-order valence-corrected chi connectivity index (χ2v) is 8.89. The van der Waals surface area contributed by atoms with Crippen molar-refractivity contribution in [3.63, 3.8) is 0 Å². The molecule has 156 valence electrons. The van der Waals surface area contributed by atoms with Gasteiger partial charge in [0.05, 0.1) is 11.7 Å². The van der Waals surface area contributed by atoms with Gasteiger partial charge in [0, 0.05) is 19.1 Å². The fraction of sp³-hybridized carbons (Fsp3) is 0.391. The predicted molar refractivity (Wildman–Crippen MR) is 120 cm³/mol. The van der Waals surface area contributed by atoms with Gasteiger partial charge in [-0.05, 0) is 61.2 Å². The molecule has 0 bridgehead atoms. The Morgan fingerprint density at radius 1 is 1.13 bits per heavy atom. The van der Waals surface area contributed by atoms with Gasteiger partial charge in [0.15, 0.2) is 10.6 Å². The largest absolute Gasteiger partial charge is 0.484 e. The number of rotatable bonds is 7. The molecular formula is C23H25ClN4OS. The highest BCUT2D eigenvalue weighted by atomic mass is 35.5. The molecular weight excluding hydrogens is 416 g/mol. The van der Waals surface area contributed by atoms with Crippen molar-refractivity contribution < 1.29 is 4.74 Å².